The van der Waals surface area contributed by atoms with E-state index in [0.29, 0.717) is 12.6 Å². The Morgan fingerprint density at radius 2 is 2.14 bits per heavy atom. The van der Waals surface area contributed by atoms with Crippen molar-refractivity contribution in [1.82, 2.24) is 4.90 Å². The highest BCUT2D eigenvalue weighted by Crippen LogP contribution is 2.30. The molecule has 0 atom stereocenters. The molecule has 5 heteroatoms. The van der Waals surface area contributed by atoms with Crippen LogP contribution >= 0.6 is 0 Å². The number of hydrogen-bond donors (Lipinski definition) is 2. The van der Waals surface area contributed by atoms with Gasteiger partial charge >= 0.3 is 6.03 Å². The number of benzene rings is 1. The fourth-order valence-corrected chi connectivity index (χ4v) is 2.53. The first-order chi connectivity index (χ1) is 10.1. The molecule has 0 bridgehead atoms. The van der Waals surface area contributed by atoms with Crippen LogP contribution in [0.25, 0.3) is 0 Å². The zero-order valence-corrected chi connectivity index (χ0v) is 12.8. The molecule has 2 rings (SSSR count). The second kappa shape index (κ2) is 7.31. The van der Waals surface area contributed by atoms with Gasteiger partial charge in [-0.05, 0) is 44.7 Å². The lowest BCUT2D eigenvalue weighted by molar-refractivity contribution is 0.202. The molecule has 1 aliphatic rings. The minimum atomic E-state index is -0.231. The lowest BCUT2D eigenvalue weighted by Gasteiger charge is -2.20. The molecule has 1 fully saturated rings. The Kier molecular flexibility index (Phi) is 5.44. The fourth-order valence-electron chi connectivity index (χ4n) is 2.53. The zero-order chi connectivity index (χ0) is 15.2. The standard InChI is InChI=1S/C16H24N2O3/c1-12-14(17-16(20)18(2)10-11-19)8-5-9-15(12)21-13-6-3-4-7-13/h5,8-9,13,19H,3-4,6-7,10-11H2,1-2H3,(H,17,20). The summed E-state index contributed by atoms with van der Waals surface area (Å²) in [6.45, 7) is 2.21. The Morgan fingerprint density at radius 1 is 1.43 bits per heavy atom. The van der Waals surface area contributed by atoms with Crippen molar-refractivity contribution in [1.29, 1.82) is 0 Å². The van der Waals surface area contributed by atoms with E-state index in [4.69, 9.17) is 9.84 Å². The molecule has 0 heterocycles. The number of anilines is 1. The number of urea groups is 1. The van der Waals surface area contributed by atoms with Crippen molar-refractivity contribution >= 4 is 11.7 Å². The average Bonchev–Trinajstić information content (AvgIpc) is 2.96. The van der Waals surface area contributed by atoms with Gasteiger partial charge in [0, 0.05) is 24.8 Å². The van der Waals surface area contributed by atoms with Gasteiger partial charge in [0.15, 0.2) is 0 Å². The maximum Gasteiger partial charge on any atom is 0.321 e. The van der Waals surface area contributed by atoms with E-state index in [1.54, 1.807) is 7.05 Å². The molecular weight excluding hydrogens is 268 g/mol. The van der Waals surface area contributed by atoms with Gasteiger partial charge in [-0.1, -0.05) is 6.07 Å². The number of carbonyl (C=O) groups excluding carboxylic acids is 1. The van der Waals surface area contributed by atoms with Crippen molar-refractivity contribution in [3.63, 3.8) is 0 Å². The highest BCUT2D eigenvalue weighted by Gasteiger charge is 2.18. The molecule has 0 radical (unpaired) electrons. The number of ether oxygens (including phenoxy) is 1. The van der Waals surface area contributed by atoms with E-state index in [0.717, 1.165) is 29.8 Å². The van der Waals surface area contributed by atoms with Crippen molar-refractivity contribution < 1.29 is 14.6 Å². The van der Waals surface area contributed by atoms with Crippen LogP contribution in [0.4, 0.5) is 10.5 Å². The summed E-state index contributed by atoms with van der Waals surface area (Å²) in [4.78, 5) is 13.4. The van der Waals surface area contributed by atoms with Crippen LogP contribution < -0.4 is 10.1 Å². The van der Waals surface area contributed by atoms with Gasteiger partial charge < -0.3 is 20.1 Å². The molecule has 21 heavy (non-hydrogen) atoms. The predicted octanol–water partition coefficient (Wildman–Crippen LogP) is 2.77. The summed E-state index contributed by atoms with van der Waals surface area (Å²) in [7, 11) is 1.65. The number of nitrogens with one attached hydrogen (secondary N) is 1. The largest absolute Gasteiger partial charge is 0.490 e. The highest BCUT2D eigenvalue weighted by atomic mass is 16.5. The Balaban J connectivity index is 2.04. The van der Waals surface area contributed by atoms with Crippen LogP contribution in [0, 0.1) is 6.92 Å². The third-order valence-electron chi connectivity index (χ3n) is 3.90. The molecule has 1 aliphatic carbocycles. The SMILES string of the molecule is Cc1c(NC(=O)N(C)CCO)cccc1OC1CCCC1. The van der Waals surface area contributed by atoms with Gasteiger partial charge in [-0.2, -0.15) is 0 Å². The molecule has 5 nitrogen and oxygen atoms in total. The summed E-state index contributed by atoms with van der Waals surface area (Å²) in [6, 6.07) is 5.46. The van der Waals surface area contributed by atoms with E-state index in [2.05, 4.69) is 5.32 Å². The Bertz CT molecular complexity index is 484. The van der Waals surface area contributed by atoms with Crippen molar-refractivity contribution in [2.24, 2.45) is 0 Å². The Labute approximate surface area is 125 Å². The summed E-state index contributed by atoms with van der Waals surface area (Å²) in [5.41, 5.74) is 1.69. The lowest BCUT2D eigenvalue weighted by Crippen LogP contribution is -2.33. The monoisotopic (exact) mass is 292 g/mol. The molecule has 0 spiro atoms. The number of nitrogens with zero attached hydrogens (tertiary/aromatic N) is 1. The number of rotatable bonds is 5. The molecule has 116 valence electrons. The van der Waals surface area contributed by atoms with Crippen LogP contribution in [0.15, 0.2) is 18.2 Å². The topological polar surface area (TPSA) is 61.8 Å². The van der Waals surface area contributed by atoms with Gasteiger partial charge in [0.05, 0.1) is 12.7 Å². The Hall–Kier alpha value is -1.75. The summed E-state index contributed by atoms with van der Waals surface area (Å²) in [5, 5.41) is 11.7. The van der Waals surface area contributed by atoms with E-state index in [1.807, 2.05) is 25.1 Å². The first kappa shape index (κ1) is 15.6. The number of amides is 2. The molecule has 1 saturated carbocycles. The zero-order valence-electron chi connectivity index (χ0n) is 12.8. The van der Waals surface area contributed by atoms with Crippen LogP contribution in [-0.4, -0.2) is 42.3 Å². The number of likely N-dealkylation sites (N-methyl/N-ethyl adjacent to an activating group) is 1. The molecule has 1 aromatic carbocycles. The van der Waals surface area contributed by atoms with Gasteiger partial charge in [0.2, 0.25) is 0 Å². The summed E-state index contributed by atoms with van der Waals surface area (Å²) in [6.07, 6.45) is 4.97. The molecule has 0 saturated heterocycles. The van der Waals surface area contributed by atoms with E-state index in [9.17, 15) is 4.79 Å². The molecule has 1 aromatic rings. The van der Waals surface area contributed by atoms with Crippen LogP contribution in [0.5, 0.6) is 5.75 Å². The molecule has 2 amide bonds. The summed E-state index contributed by atoms with van der Waals surface area (Å²) < 4.78 is 6.03. The minimum Gasteiger partial charge on any atom is -0.490 e. The van der Waals surface area contributed by atoms with Crippen molar-refractivity contribution in [2.75, 3.05) is 25.5 Å². The quantitative estimate of drug-likeness (QED) is 0.877. The molecular formula is C16H24N2O3. The molecule has 0 unspecified atom stereocenters. The maximum absolute atomic E-state index is 12.0. The normalized spacial score (nSPS) is 15.0. The van der Waals surface area contributed by atoms with Crippen LogP contribution in [0.3, 0.4) is 0 Å². The van der Waals surface area contributed by atoms with Gasteiger partial charge in [-0.15, -0.1) is 0 Å². The average molecular weight is 292 g/mol. The third kappa shape index (κ3) is 4.11. The van der Waals surface area contributed by atoms with Crippen molar-refractivity contribution in [2.45, 2.75) is 38.7 Å². The molecule has 0 aromatic heterocycles. The first-order valence-electron chi connectivity index (χ1n) is 7.51. The van der Waals surface area contributed by atoms with Gasteiger partial charge in [0.1, 0.15) is 5.75 Å². The smallest absolute Gasteiger partial charge is 0.321 e. The van der Waals surface area contributed by atoms with E-state index < -0.39 is 0 Å². The number of aliphatic hydroxyl groups is 1. The second-order valence-electron chi connectivity index (χ2n) is 5.53. The van der Waals surface area contributed by atoms with Crippen molar-refractivity contribution in [3.8, 4) is 5.75 Å². The fraction of sp³-hybridized carbons (Fsp3) is 0.562. The Morgan fingerprint density at radius 3 is 2.81 bits per heavy atom. The van der Waals surface area contributed by atoms with Crippen LogP contribution in [0.2, 0.25) is 0 Å². The predicted molar refractivity (Wildman–Crippen MR) is 82.8 cm³/mol. The number of hydrogen-bond acceptors (Lipinski definition) is 3. The van der Waals surface area contributed by atoms with Crippen molar-refractivity contribution in [3.05, 3.63) is 23.8 Å². The number of aliphatic hydroxyl groups excluding tert-OH is 1. The first-order valence-corrected chi connectivity index (χ1v) is 7.51. The van der Waals surface area contributed by atoms with E-state index in [-0.39, 0.29) is 12.6 Å². The third-order valence-corrected chi connectivity index (χ3v) is 3.90. The summed E-state index contributed by atoms with van der Waals surface area (Å²) in [5.74, 6) is 0.838. The lowest BCUT2D eigenvalue weighted by atomic mass is 10.1. The van der Waals surface area contributed by atoms with Crippen LogP contribution in [0.1, 0.15) is 31.2 Å². The van der Waals surface area contributed by atoms with E-state index >= 15 is 0 Å². The van der Waals surface area contributed by atoms with Gasteiger partial charge in [-0.3, -0.25) is 0 Å². The second-order valence-corrected chi connectivity index (χ2v) is 5.53. The number of carbonyl (C=O) groups is 1. The minimum absolute atomic E-state index is 0.0479. The molecule has 0 aliphatic heterocycles. The van der Waals surface area contributed by atoms with E-state index in [1.165, 1.54) is 17.7 Å². The van der Waals surface area contributed by atoms with Gasteiger partial charge in [-0.25, -0.2) is 4.79 Å². The highest BCUT2D eigenvalue weighted by molar-refractivity contribution is 5.90. The maximum atomic E-state index is 12.0. The van der Waals surface area contributed by atoms with Gasteiger partial charge in [0.25, 0.3) is 0 Å². The molecule has 2 N–H and O–H groups in total. The summed E-state index contributed by atoms with van der Waals surface area (Å²) >= 11 is 0. The van der Waals surface area contributed by atoms with Crippen LogP contribution in [-0.2, 0) is 0 Å².